The van der Waals surface area contributed by atoms with Crippen LogP contribution in [0.3, 0.4) is 0 Å². The Bertz CT molecular complexity index is 1310. The highest BCUT2D eigenvalue weighted by molar-refractivity contribution is 7.27. The summed E-state index contributed by atoms with van der Waals surface area (Å²) < 4.78 is 0. The number of anilines is 2. The van der Waals surface area contributed by atoms with Crippen LogP contribution in [-0.4, -0.2) is 50.3 Å². The Balaban J connectivity index is 1.19. The molecule has 4 N–H and O–H groups in total. The number of nitrogens with one attached hydrogen (secondary N) is 2. The van der Waals surface area contributed by atoms with Crippen molar-refractivity contribution in [3.8, 4) is 0 Å². The van der Waals surface area contributed by atoms with Crippen molar-refractivity contribution in [3.63, 3.8) is 0 Å². The summed E-state index contributed by atoms with van der Waals surface area (Å²) in [6.45, 7) is 0. The van der Waals surface area contributed by atoms with Gasteiger partial charge in [0, 0.05) is 12.8 Å². The highest BCUT2D eigenvalue weighted by Gasteiger charge is 2.20. The molecule has 0 saturated carbocycles. The molecule has 4 aromatic rings. The largest absolute Gasteiger partial charge is 0.378 e. The van der Waals surface area contributed by atoms with Gasteiger partial charge in [0.1, 0.15) is 17.9 Å². The number of aliphatic hydroxyl groups is 2. The molecule has 0 aliphatic carbocycles. The number of amides is 2. The molecular weight excluding hydrogens is 542 g/mol. The van der Waals surface area contributed by atoms with Crippen LogP contribution in [0.1, 0.15) is 46.2 Å². The lowest BCUT2D eigenvalue weighted by molar-refractivity contribution is -0.124. The van der Waals surface area contributed by atoms with Gasteiger partial charge in [0.05, 0.1) is 0 Å². The van der Waals surface area contributed by atoms with Gasteiger partial charge in [0.2, 0.25) is 10.3 Å². The molecule has 0 spiro atoms. The standard InChI is InChI=1S/C24H26BN6O4PS2/c25-15-7-3-5-13(11-15)19(32)21(34)26-23-30-28-17(37-23)9-1-2-10-18-29-31-24(38-18)27-22(35)20(33)14-6-4-8-16(36)12-14/h3-8,11-12,19-20,32-33H,1-2,9-10,25,36H2,(H,26,30,34)(H,27,31,35). The van der Waals surface area contributed by atoms with E-state index in [0.29, 0.717) is 34.2 Å². The summed E-state index contributed by atoms with van der Waals surface area (Å²) in [6.07, 6.45) is 0.413. The number of aliphatic hydroxyl groups excluding tert-OH is 2. The van der Waals surface area contributed by atoms with Crippen molar-refractivity contribution in [2.45, 2.75) is 37.9 Å². The molecule has 2 aromatic heterocycles. The topological polar surface area (TPSA) is 150 Å². The average Bonchev–Trinajstić information content (AvgIpc) is 3.54. The fourth-order valence-corrected chi connectivity index (χ4v) is 5.45. The zero-order valence-corrected chi connectivity index (χ0v) is 23.3. The maximum absolute atomic E-state index is 12.4. The summed E-state index contributed by atoms with van der Waals surface area (Å²) >= 11 is 2.54. The van der Waals surface area contributed by atoms with Gasteiger partial charge in [-0.3, -0.25) is 20.2 Å². The lowest BCUT2D eigenvalue weighted by Crippen LogP contribution is -2.21. The molecule has 10 nitrogen and oxygen atoms in total. The zero-order chi connectivity index (χ0) is 27.1. The van der Waals surface area contributed by atoms with Gasteiger partial charge in [-0.15, -0.1) is 29.6 Å². The van der Waals surface area contributed by atoms with Crippen molar-refractivity contribution in [1.82, 2.24) is 20.4 Å². The Kier molecular flexibility index (Phi) is 9.65. The summed E-state index contributed by atoms with van der Waals surface area (Å²) in [4.78, 5) is 24.7. The Morgan fingerprint density at radius 1 is 0.816 bits per heavy atom. The van der Waals surface area contributed by atoms with Gasteiger partial charge in [-0.1, -0.05) is 70.6 Å². The minimum Gasteiger partial charge on any atom is -0.378 e. The third kappa shape index (κ3) is 7.72. The number of aromatic nitrogens is 4. The van der Waals surface area contributed by atoms with E-state index < -0.39 is 24.0 Å². The van der Waals surface area contributed by atoms with Crippen LogP contribution < -0.4 is 21.4 Å². The van der Waals surface area contributed by atoms with Gasteiger partial charge in [-0.05, 0) is 35.3 Å². The van der Waals surface area contributed by atoms with Gasteiger partial charge in [-0.25, -0.2) is 0 Å². The molecule has 2 heterocycles. The monoisotopic (exact) mass is 568 g/mol. The molecule has 3 atom stereocenters. The molecule has 0 radical (unpaired) electrons. The second kappa shape index (κ2) is 13.1. The van der Waals surface area contributed by atoms with Crippen LogP contribution in [0, 0.1) is 0 Å². The van der Waals surface area contributed by atoms with Gasteiger partial charge in [0.25, 0.3) is 11.8 Å². The molecule has 0 saturated heterocycles. The van der Waals surface area contributed by atoms with E-state index in [4.69, 9.17) is 0 Å². The van der Waals surface area contributed by atoms with E-state index in [-0.39, 0.29) is 0 Å². The van der Waals surface area contributed by atoms with E-state index in [1.165, 1.54) is 22.7 Å². The van der Waals surface area contributed by atoms with Crippen LogP contribution in [-0.2, 0) is 22.4 Å². The summed E-state index contributed by atoms with van der Waals surface area (Å²) in [5.74, 6) is -1.11. The number of benzene rings is 2. The zero-order valence-electron chi connectivity index (χ0n) is 20.5. The van der Waals surface area contributed by atoms with E-state index >= 15 is 0 Å². The highest BCUT2D eigenvalue weighted by atomic mass is 32.1. The predicted molar refractivity (Wildman–Crippen MR) is 154 cm³/mol. The van der Waals surface area contributed by atoms with Gasteiger partial charge < -0.3 is 10.2 Å². The molecule has 0 fully saturated rings. The van der Waals surface area contributed by atoms with Crippen LogP contribution >= 0.6 is 31.9 Å². The van der Waals surface area contributed by atoms with Crippen molar-refractivity contribution < 1.29 is 19.8 Å². The first-order valence-electron chi connectivity index (χ1n) is 11.8. The fraction of sp³-hybridized carbons (Fsp3) is 0.250. The van der Waals surface area contributed by atoms with Crippen molar-refractivity contribution in [2.75, 3.05) is 10.6 Å². The lowest BCUT2D eigenvalue weighted by atomic mass is 9.93. The van der Waals surface area contributed by atoms with Crippen LogP contribution in [0.25, 0.3) is 0 Å². The van der Waals surface area contributed by atoms with Crippen LogP contribution in [0.4, 0.5) is 10.3 Å². The number of aryl methyl sites for hydroxylation is 2. The minimum atomic E-state index is -1.30. The summed E-state index contributed by atoms with van der Waals surface area (Å²) in [6, 6.07) is 14.2. The van der Waals surface area contributed by atoms with Crippen molar-refractivity contribution in [2.24, 2.45) is 0 Å². The van der Waals surface area contributed by atoms with E-state index in [9.17, 15) is 19.8 Å². The Labute approximate surface area is 230 Å². The minimum absolute atomic E-state index is 0.337. The van der Waals surface area contributed by atoms with Crippen molar-refractivity contribution in [1.29, 1.82) is 0 Å². The second-order valence-electron chi connectivity index (χ2n) is 8.58. The van der Waals surface area contributed by atoms with E-state index in [1.807, 2.05) is 20.0 Å². The fourth-order valence-electron chi connectivity index (χ4n) is 3.58. The Morgan fingerprint density at radius 3 is 1.82 bits per heavy atom. The smallest absolute Gasteiger partial charge is 0.259 e. The Hall–Kier alpha value is -3.09. The molecule has 38 heavy (non-hydrogen) atoms. The molecule has 2 aromatic carbocycles. The Morgan fingerprint density at radius 2 is 1.32 bits per heavy atom. The molecule has 14 heteroatoms. The molecule has 196 valence electrons. The number of hydrogen-bond donors (Lipinski definition) is 4. The number of hydrogen-bond acceptors (Lipinski definition) is 10. The summed E-state index contributed by atoms with van der Waals surface area (Å²) in [5, 5.41) is 45.2. The SMILES string of the molecule is Bc1cccc(C(O)C(=O)Nc2nnc(CCCCc3nnc(NC(=O)C(O)c4cccc(P)c4)s3)s2)c1. The maximum Gasteiger partial charge on any atom is 0.259 e. The third-order valence-electron chi connectivity index (χ3n) is 5.51. The molecule has 2 amide bonds. The number of unbranched alkanes of at least 4 members (excludes halogenated alkanes) is 1. The summed E-state index contributed by atoms with van der Waals surface area (Å²) in [5.41, 5.74) is 1.98. The van der Waals surface area contributed by atoms with Crippen molar-refractivity contribution in [3.05, 3.63) is 69.7 Å². The molecule has 0 aliphatic rings. The van der Waals surface area contributed by atoms with Gasteiger partial charge >= 0.3 is 0 Å². The van der Waals surface area contributed by atoms with E-state index in [0.717, 1.165) is 33.6 Å². The predicted octanol–water partition coefficient (Wildman–Crippen LogP) is 1.06. The molecule has 4 rings (SSSR count). The van der Waals surface area contributed by atoms with Gasteiger partial charge in [0.15, 0.2) is 12.2 Å². The number of rotatable bonds is 11. The highest BCUT2D eigenvalue weighted by Crippen LogP contribution is 2.22. The van der Waals surface area contributed by atoms with Crippen LogP contribution in [0.5, 0.6) is 0 Å². The quantitative estimate of drug-likeness (QED) is 0.119. The average molecular weight is 568 g/mol. The first-order chi connectivity index (χ1) is 18.3. The number of carbonyl (C=O) groups is 2. The third-order valence-corrected chi connectivity index (χ3v) is 7.66. The molecule has 0 aliphatic heterocycles. The first kappa shape index (κ1) is 27.9. The number of nitrogens with zero attached hydrogens (tertiary/aromatic N) is 4. The van der Waals surface area contributed by atoms with Crippen LogP contribution in [0.2, 0.25) is 0 Å². The molecule has 3 unspecified atom stereocenters. The summed E-state index contributed by atoms with van der Waals surface area (Å²) in [7, 11) is 4.42. The normalized spacial score (nSPS) is 12.6. The second-order valence-corrected chi connectivity index (χ2v) is 11.4. The molecular formula is C24H26BN6O4PS2. The lowest BCUT2D eigenvalue weighted by Gasteiger charge is -2.10. The van der Waals surface area contributed by atoms with Crippen molar-refractivity contribution >= 4 is 72.6 Å². The van der Waals surface area contributed by atoms with Crippen LogP contribution in [0.15, 0.2) is 48.5 Å². The van der Waals surface area contributed by atoms with Gasteiger partial charge in [-0.2, -0.15) is 0 Å². The van der Waals surface area contributed by atoms with E-state index in [2.05, 4.69) is 40.3 Å². The maximum atomic E-state index is 12.4. The first-order valence-corrected chi connectivity index (χ1v) is 14.0. The number of carbonyl (C=O) groups excluding carboxylic acids is 2. The van der Waals surface area contributed by atoms with E-state index in [1.54, 1.807) is 36.4 Å². The molecule has 0 bridgehead atoms.